The molecule has 2 fully saturated rings. The Labute approximate surface area is 203 Å². The van der Waals surface area contributed by atoms with Crippen molar-refractivity contribution in [3.05, 3.63) is 107 Å². The Balaban J connectivity index is 1.62. The Kier molecular flexibility index (Phi) is 6.98. The highest BCUT2D eigenvalue weighted by Gasteiger charge is 2.60. The van der Waals surface area contributed by atoms with Crippen LogP contribution in [-0.2, 0) is 31.0 Å². The van der Waals surface area contributed by atoms with E-state index in [2.05, 4.69) is 0 Å². The largest absolute Gasteiger partial charge is 0.387 e. The van der Waals surface area contributed by atoms with Gasteiger partial charge in [-0.25, -0.2) is 4.39 Å². The fourth-order valence-electron chi connectivity index (χ4n) is 5.03. The normalized spacial score (nSPS) is 32.7. The second kappa shape index (κ2) is 10.1. The van der Waals surface area contributed by atoms with Crippen molar-refractivity contribution in [2.75, 3.05) is 7.11 Å². The van der Waals surface area contributed by atoms with Crippen LogP contribution in [0, 0.1) is 5.82 Å². The first kappa shape index (κ1) is 24.1. The van der Waals surface area contributed by atoms with E-state index in [9.17, 15) is 14.6 Å². The predicted octanol–water partition coefficient (Wildman–Crippen LogP) is 3.86. The minimum atomic E-state index is -1.31. The van der Waals surface area contributed by atoms with Crippen LogP contribution in [0.1, 0.15) is 29.4 Å². The summed E-state index contributed by atoms with van der Waals surface area (Å²) in [5.74, 6) is -0.370. The number of methoxy groups -OCH3 is 1. The lowest BCUT2D eigenvalue weighted by Crippen LogP contribution is -2.68. The molecule has 5 rings (SSSR count). The highest BCUT2D eigenvalue weighted by molar-refractivity contribution is 5.29. The molecule has 2 N–H and O–H groups in total. The minimum Gasteiger partial charge on any atom is -0.387 e. The van der Waals surface area contributed by atoms with Crippen LogP contribution in [0.15, 0.2) is 84.9 Å². The molecular weight excluding hydrogens is 451 g/mol. The van der Waals surface area contributed by atoms with Crippen molar-refractivity contribution in [2.45, 2.75) is 55.4 Å². The molecule has 0 bridgehead atoms. The molecule has 0 aromatic heterocycles. The van der Waals surface area contributed by atoms with Crippen molar-refractivity contribution >= 4 is 0 Å². The Morgan fingerprint density at radius 2 is 1.51 bits per heavy atom. The second-order valence-corrected chi connectivity index (χ2v) is 8.99. The molecule has 184 valence electrons. The maximum Gasteiger partial charge on any atom is 0.186 e. The van der Waals surface area contributed by atoms with Crippen LogP contribution < -0.4 is 0 Å². The summed E-state index contributed by atoms with van der Waals surface area (Å²) < 4.78 is 38.5. The molecule has 0 aliphatic carbocycles. The zero-order chi connectivity index (χ0) is 24.4. The summed E-state index contributed by atoms with van der Waals surface area (Å²) in [7, 11) is 1.40. The Bertz CT molecular complexity index is 1100. The molecule has 0 radical (unpaired) electrons. The average Bonchev–Trinajstić information content (AvgIpc) is 2.91. The van der Waals surface area contributed by atoms with Gasteiger partial charge in [0.05, 0.1) is 0 Å². The third kappa shape index (κ3) is 4.63. The van der Waals surface area contributed by atoms with Crippen LogP contribution in [0.4, 0.5) is 4.39 Å². The summed E-state index contributed by atoms with van der Waals surface area (Å²) >= 11 is 0. The summed E-state index contributed by atoms with van der Waals surface area (Å²) in [5.41, 5.74) is 1.40. The first-order chi connectivity index (χ1) is 17.0. The van der Waals surface area contributed by atoms with Crippen molar-refractivity contribution in [3.63, 3.8) is 0 Å². The summed E-state index contributed by atoms with van der Waals surface area (Å²) in [5, 5.41) is 21.7. The third-order valence-corrected chi connectivity index (χ3v) is 6.87. The van der Waals surface area contributed by atoms with Crippen molar-refractivity contribution in [1.82, 2.24) is 0 Å². The van der Waals surface area contributed by atoms with E-state index in [1.165, 1.54) is 19.2 Å². The van der Waals surface area contributed by atoms with Crippen LogP contribution in [0.25, 0.3) is 0 Å². The van der Waals surface area contributed by atoms with E-state index < -0.39 is 42.6 Å². The van der Waals surface area contributed by atoms with E-state index in [4.69, 9.17) is 18.9 Å². The summed E-state index contributed by atoms with van der Waals surface area (Å²) in [6, 6.07) is 25.5. The van der Waals surface area contributed by atoms with Crippen molar-refractivity contribution in [1.29, 1.82) is 0 Å². The van der Waals surface area contributed by atoms with Gasteiger partial charge in [0.15, 0.2) is 12.6 Å². The third-order valence-electron chi connectivity index (χ3n) is 6.87. The van der Waals surface area contributed by atoms with E-state index >= 15 is 0 Å². The van der Waals surface area contributed by atoms with Gasteiger partial charge in [0.1, 0.15) is 35.8 Å². The molecule has 2 aliphatic rings. The predicted molar refractivity (Wildman–Crippen MR) is 126 cm³/mol. The number of aliphatic hydroxyl groups excluding tert-OH is 2. The Morgan fingerprint density at radius 3 is 2.17 bits per heavy atom. The number of hydrogen-bond acceptors (Lipinski definition) is 6. The highest BCUT2D eigenvalue weighted by atomic mass is 19.1. The molecule has 3 aromatic carbocycles. The van der Waals surface area contributed by atoms with Gasteiger partial charge >= 0.3 is 0 Å². The van der Waals surface area contributed by atoms with Gasteiger partial charge in [-0.1, -0.05) is 72.8 Å². The van der Waals surface area contributed by atoms with E-state index in [0.717, 1.165) is 11.1 Å². The smallest absolute Gasteiger partial charge is 0.186 e. The molecule has 0 unspecified atom stereocenters. The SMILES string of the molecule is CO[C@H]1O[C@H]2[C@@H](O[C@H](c3ccccc3)O[C@@]2(CCc2ccccc2)c2ccc(F)cc2)[C@H](O)[C@H]1O. The topological polar surface area (TPSA) is 77.4 Å². The number of aliphatic hydroxyl groups is 2. The van der Waals surface area contributed by atoms with Crippen molar-refractivity contribution in [3.8, 4) is 0 Å². The van der Waals surface area contributed by atoms with E-state index in [-0.39, 0.29) is 5.82 Å². The molecule has 3 aromatic rings. The number of halogens is 1. The van der Waals surface area contributed by atoms with Crippen molar-refractivity contribution in [2.24, 2.45) is 0 Å². The van der Waals surface area contributed by atoms with Gasteiger partial charge in [-0.3, -0.25) is 0 Å². The molecule has 0 spiro atoms. The maximum atomic E-state index is 13.9. The van der Waals surface area contributed by atoms with Crippen LogP contribution in [0.5, 0.6) is 0 Å². The highest BCUT2D eigenvalue weighted by Crippen LogP contribution is 2.50. The Hall–Kier alpha value is -2.65. The molecule has 35 heavy (non-hydrogen) atoms. The van der Waals surface area contributed by atoms with Gasteiger partial charge < -0.3 is 29.2 Å². The fraction of sp³-hybridized carbons (Fsp3) is 0.357. The summed E-state index contributed by atoms with van der Waals surface area (Å²) in [6.45, 7) is 0. The van der Waals surface area contributed by atoms with Crippen LogP contribution >= 0.6 is 0 Å². The van der Waals surface area contributed by atoms with Gasteiger partial charge in [-0.2, -0.15) is 0 Å². The molecule has 2 aliphatic heterocycles. The van der Waals surface area contributed by atoms with Gasteiger partial charge in [0, 0.05) is 12.7 Å². The molecule has 2 heterocycles. The standard InChI is InChI=1S/C28H29FO6/c1-32-27-23(31)22(30)24-25(34-27)28(20-12-14-21(29)15-13-20,17-16-18-8-4-2-5-9-18)35-26(33-24)19-10-6-3-7-11-19/h2-15,22-27,30-31H,16-17H2,1H3/t22-,23-,24+,25+,26+,27+,28+/m1/s1. The molecule has 0 amide bonds. The lowest BCUT2D eigenvalue weighted by Gasteiger charge is -2.55. The number of ether oxygens (including phenoxy) is 4. The van der Waals surface area contributed by atoms with E-state index in [1.807, 2.05) is 60.7 Å². The number of aryl methyl sites for hydroxylation is 1. The van der Waals surface area contributed by atoms with Gasteiger partial charge in [-0.05, 0) is 36.1 Å². The Morgan fingerprint density at radius 1 is 0.857 bits per heavy atom. The second-order valence-electron chi connectivity index (χ2n) is 8.99. The molecule has 2 saturated heterocycles. The molecule has 6 nitrogen and oxygen atoms in total. The first-order valence-corrected chi connectivity index (χ1v) is 11.7. The minimum absolute atomic E-state index is 0.370. The number of rotatable bonds is 6. The quantitative estimate of drug-likeness (QED) is 0.558. The van der Waals surface area contributed by atoms with Crippen molar-refractivity contribution < 1.29 is 33.6 Å². The van der Waals surface area contributed by atoms with Gasteiger partial charge in [-0.15, -0.1) is 0 Å². The van der Waals surface area contributed by atoms with E-state index in [1.54, 1.807) is 12.1 Å². The first-order valence-electron chi connectivity index (χ1n) is 11.7. The fourth-order valence-corrected chi connectivity index (χ4v) is 5.03. The maximum absolute atomic E-state index is 13.9. The molecule has 7 atom stereocenters. The molecular formula is C28H29FO6. The van der Waals surface area contributed by atoms with Crippen LogP contribution in [0.2, 0.25) is 0 Å². The zero-order valence-electron chi connectivity index (χ0n) is 19.4. The van der Waals surface area contributed by atoms with Crippen LogP contribution in [-0.4, -0.2) is 48.0 Å². The number of benzene rings is 3. The average molecular weight is 481 g/mol. The van der Waals surface area contributed by atoms with Gasteiger partial charge in [0.25, 0.3) is 0 Å². The molecule has 7 heteroatoms. The number of hydrogen-bond donors (Lipinski definition) is 2. The monoisotopic (exact) mass is 480 g/mol. The van der Waals surface area contributed by atoms with Crippen LogP contribution in [0.3, 0.4) is 0 Å². The lowest BCUT2D eigenvalue weighted by atomic mass is 9.76. The summed E-state index contributed by atoms with van der Waals surface area (Å²) in [6.07, 6.45) is -5.19. The lowest BCUT2D eigenvalue weighted by molar-refractivity contribution is -0.407. The zero-order valence-corrected chi connectivity index (χ0v) is 19.4. The molecule has 0 saturated carbocycles. The number of fused-ring (bicyclic) bond motifs is 1. The van der Waals surface area contributed by atoms with E-state index in [0.29, 0.717) is 18.4 Å². The summed E-state index contributed by atoms with van der Waals surface area (Å²) in [4.78, 5) is 0. The van der Waals surface area contributed by atoms with Gasteiger partial charge in [0.2, 0.25) is 0 Å².